The molecule has 5 heteroatoms. The van der Waals surface area contributed by atoms with Gasteiger partial charge in [0.05, 0.1) is 11.4 Å². The first-order chi connectivity index (χ1) is 8.91. The van der Waals surface area contributed by atoms with Crippen LogP contribution >= 0.6 is 11.6 Å². The van der Waals surface area contributed by atoms with Gasteiger partial charge in [-0.25, -0.2) is 4.39 Å². The number of hydrogen-bond donors (Lipinski definition) is 0. The molecule has 19 heavy (non-hydrogen) atoms. The maximum atomic E-state index is 13.3. The second-order valence-corrected chi connectivity index (χ2v) is 4.29. The van der Waals surface area contributed by atoms with Crippen LogP contribution in [0.4, 0.5) is 17.6 Å². The first-order valence-corrected chi connectivity index (χ1v) is 5.97. The number of alkyl halides is 4. The van der Waals surface area contributed by atoms with Crippen molar-refractivity contribution >= 4 is 11.6 Å². The van der Waals surface area contributed by atoms with Gasteiger partial charge in [-0.3, -0.25) is 0 Å². The summed E-state index contributed by atoms with van der Waals surface area (Å²) in [5.74, 6) is -0.496. The Morgan fingerprint density at radius 3 is 2.26 bits per heavy atom. The fourth-order valence-electron chi connectivity index (χ4n) is 1.73. The summed E-state index contributed by atoms with van der Waals surface area (Å²) in [6.07, 6.45) is -4.40. The molecule has 2 rings (SSSR count). The normalized spacial score (nSPS) is 11.6. The summed E-state index contributed by atoms with van der Waals surface area (Å²) in [5, 5.41) is 0. The highest BCUT2D eigenvalue weighted by Crippen LogP contribution is 2.32. The standard InChI is InChI=1S/C14H9ClF4/c15-8-11-6-10(4-5-13(11)16)9-2-1-3-12(7-9)14(17,18)19/h1-7H,8H2. The van der Waals surface area contributed by atoms with Crippen LogP contribution in [0.5, 0.6) is 0 Å². The molecule has 0 amide bonds. The zero-order chi connectivity index (χ0) is 14.0. The van der Waals surface area contributed by atoms with E-state index >= 15 is 0 Å². The van der Waals surface area contributed by atoms with Crippen molar-refractivity contribution in [1.29, 1.82) is 0 Å². The Kier molecular flexibility index (Phi) is 3.80. The average Bonchev–Trinajstić information content (AvgIpc) is 2.38. The Morgan fingerprint density at radius 1 is 0.947 bits per heavy atom. The fraction of sp³-hybridized carbons (Fsp3) is 0.143. The van der Waals surface area contributed by atoms with E-state index in [4.69, 9.17) is 11.6 Å². The van der Waals surface area contributed by atoms with Crippen molar-refractivity contribution in [3.8, 4) is 11.1 Å². The predicted molar refractivity (Wildman–Crippen MR) is 66.4 cm³/mol. The summed E-state index contributed by atoms with van der Waals surface area (Å²) in [5.41, 5.74) is 0.405. The lowest BCUT2D eigenvalue weighted by Gasteiger charge is -2.09. The highest BCUT2D eigenvalue weighted by Gasteiger charge is 2.30. The quantitative estimate of drug-likeness (QED) is 0.523. The Bertz CT molecular complexity index is 590. The molecule has 0 aliphatic carbocycles. The Hall–Kier alpha value is -1.55. The van der Waals surface area contributed by atoms with Gasteiger partial charge in [-0.05, 0) is 35.4 Å². The van der Waals surface area contributed by atoms with Gasteiger partial charge in [0.2, 0.25) is 0 Å². The maximum absolute atomic E-state index is 13.3. The van der Waals surface area contributed by atoms with Gasteiger partial charge in [0.25, 0.3) is 0 Å². The van der Waals surface area contributed by atoms with Crippen LogP contribution in [0, 0.1) is 5.82 Å². The van der Waals surface area contributed by atoms with E-state index in [0.717, 1.165) is 12.1 Å². The lowest BCUT2D eigenvalue weighted by Crippen LogP contribution is -2.04. The minimum atomic E-state index is -4.40. The van der Waals surface area contributed by atoms with E-state index in [1.54, 1.807) is 6.07 Å². The minimum Gasteiger partial charge on any atom is -0.207 e. The topological polar surface area (TPSA) is 0 Å². The molecule has 2 aromatic rings. The zero-order valence-electron chi connectivity index (χ0n) is 9.64. The third-order valence-electron chi connectivity index (χ3n) is 2.71. The molecule has 0 unspecified atom stereocenters. The Balaban J connectivity index is 2.47. The molecule has 0 saturated carbocycles. The van der Waals surface area contributed by atoms with Crippen LogP contribution < -0.4 is 0 Å². The van der Waals surface area contributed by atoms with Crippen molar-refractivity contribution in [2.45, 2.75) is 12.1 Å². The number of benzene rings is 2. The summed E-state index contributed by atoms with van der Waals surface area (Å²) < 4.78 is 51.1. The fourth-order valence-corrected chi connectivity index (χ4v) is 1.94. The van der Waals surface area contributed by atoms with Gasteiger partial charge < -0.3 is 0 Å². The molecule has 0 aliphatic heterocycles. The van der Waals surface area contributed by atoms with E-state index in [1.807, 2.05) is 0 Å². The zero-order valence-corrected chi connectivity index (χ0v) is 10.4. The van der Waals surface area contributed by atoms with Gasteiger partial charge in [0.1, 0.15) is 5.82 Å². The van der Waals surface area contributed by atoms with E-state index < -0.39 is 17.6 Å². The van der Waals surface area contributed by atoms with Crippen LogP contribution in [0.2, 0.25) is 0 Å². The second-order valence-electron chi connectivity index (χ2n) is 4.02. The monoisotopic (exact) mass is 288 g/mol. The van der Waals surface area contributed by atoms with Crippen molar-refractivity contribution in [2.24, 2.45) is 0 Å². The molecule has 0 nitrogen and oxygen atoms in total. The van der Waals surface area contributed by atoms with Crippen molar-refractivity contribution in [3.63, 3.8) is 0 Å². The first kappa shape index (κ1) is 13.9. The first-order valence-electron chi connectivity index (χ1n) is 5.44. The van der Waals surface area contributed by atoms with E-state index in [9.17, 15) is 17.6 Å². The van der Waals surface area contributed by atoms with E-state index in [2.05, 4.69) is 0 Å². The smallest absolute Gasteiger partial charge is 0.207 e. The molecular weight excluding hydrogens is 280 g/mol. The van der Waals surface area contributed by atoms with Crippen LogP contribution in [-0.4, -0.2) is 0 Å². The van der Waals surface area contributed by atoms with Gasteiger partial charge in [-0.15, -0.1) is 11.6 Å². The average molecular weight is 289 g/mol. The summed E-state index contributed by atoms with van der Waals surface area (Å²) >= 11 is 5.58. The van der Waals surface area contributed by atoms with Crippen LogP contribution in [0.25, 0.3) is 11.1 Å². The van der Waals surface area contributed by atoms with E-state index in [-0.39, 0.29) is 11.4 Å². The largest absolute Gasteiger partial charge is 0.416 e. The van der Waals surface area contributed by atoms with Crippen LogP contribution in [0.15, 0.2) is 42.5 Å². The maximum Gasteiger partial charge on any atom is 0.416 e. The van der Waals surface area contributed by atoms with Crippen LogP contribution in [0.3, 0.4) is 0 Å². The third kappa shape index (κ3) is 3.07. The van der Waals surface area contributed by atoms with Crippen LogP contribution in [0.1, 0.15) is 11.1 Å². The van der Waals surface area contributed by atoms with Crippen molar-refractivity contribution in [2.75, 3.05) is 0 Å². The number of halogens is 5. The summed E-state index contributed by atoms with van der Waals surface area (Å²) in [7, 11) is 0. The van der Waals surface area contributed by atoms with Crippen LogP contribution in [-0.2, 0) is 12.1 Å². The van der Waals surface area contributed by atoms with Gasteiger partial charge >= 0.3 is 6.18 Å². The molecule has 0 N–H and O–H groups in total. The molecule has 0 radical (unpaired) electrons. The highest BCUT2D eigenvalue weighted by molar-refractivity contribution is 6.17. The van der Waals surface area contributed by atoms with Gasteiger partial charge in [0.15, 0.2) is 0 Å². The van der Waals surface area contributed by atoms with Crippen molar-refractivity contribution in [1.82, 2.24) is 0 Å². The van der Waals surface area contributed by atoms with Gasteiger partial charge in [0, 0.05) is 5.56 Å². The number of hydrogen-bond acceptors (Lipinski definition) is 0. The molecule has 0 aliphatic rings. The third-order valence-corrected chi connectivity index (χ3v) is 3.00. The SMILES string of the molecule is Fc1ccc(-c2cccc(C(F)(F)F)c2)cc1CCl. The molecule has 100 valence electrons. The molecule has 2 aromatic carbocycles. The van der Waals surface area contributed by atoms with Crippen molar-refractivity contribution in [3.05, 3.63) is 59.4 Å². The highest BCUT2D eigenvalue weighted by atomic mass is 35.5. The molecular formula is C14H9ClF4. The molecule has 0 spiro atoms. The minimum absolute atomic E-state index is 0.0291. The second kappa shape index (κ2) is 5.21. The lowest BCUT2D eigenvalue weighted by molar-refractivity contribution is -0.137. The van der Waals surface area contributed by atoms with Gasteiger partial charge in [-0.1, -0.05) is 18.2 Å². The summed E-state index contributed by atoms with van der Waals surface area (Å²) in [6.45, 7) is 0. The molecule has 0 saturated heterocycles. The summed E-state index contributed by atoms with van der Waals surface area (Å²) in [4.78, 5) is 0. The molecule has 0 heterocycles. The lowest BCUT2D eigenvalue weighted by atomic mass is 10.0. The summed E-state index contributed by atoms with van der Waals surface area (Å²) in [6, 6.07) is 8.98. The molecule has 0 aromatic heterocycles. The van der Waals surface area contributed by atoms with Crippen molar-refractivity contribution < 1.29 is 17.6 Å². The van der Waals surface area contributed by atoms with E-state index in [1.165, 1.54) is 24.3 Å². The van der Waals surface area contributed by atoms with Gasteiger partial charge in [-0.2, -0.15) is 13.2 Å². The molecule has 0 atom stereocenters. The molecule has 0 fully saturated rings. The Labute approximate surface area is 112 Å². The van der Waals surface area contributed by atoms with E-state index in [0.29, 0.717) is 11.1 Å². The molecule has 0 bridgehead atoms. The number of rotatable bonds is 2. The Morgan fingerprint density at radius 2 is 1.63 bits per heavy atom. The predicted octanol–water partition coefficient (Wildman–Crippen LogP) is 5.25.